The number of amides is 2. The highest BCUT2D eigenvalue weighted by molar-refractivity contribution is 7.89. The maximum atomic E-state index is 12.9. The lowest BCUT2D eigenvalue weighted by Crippen LogP contribution is -2.42. The molecule has 1 fully saturated rings. The van der Waals surface area contributed by atoms with Crippen molar-refractivity contribution in [3.05, 3.63) is 35.9 Å². The maximum absolute atomic E-state index is 12.9. The number of nitrogens with zero attached hydrogens (tertiary/aromatic N) is 1. The van der Waals surface area contributed by atoms with Crippen LogP contribution in [0.2, 0.25) is 0 Å². The molecule has 3 rings (SSSR count). The van der Waals surface area contributed by atoms with E-state index >= 15 is 0 Å². The van der Waals surface area contributed by atoms with E-state index in [0.717, 1.165) is 12.0 Å². The third-order valence-corrected chi connectivity index (χ3v) is 8.30. The van der Waals surface area contributed by atoms with Gasteiger partial charge < -0.3 is 15.0 Å². The summed E-state index contributed by atoms with van der Waals surface area (Å²) in [6.07, 6.45) is 3.52. The van der Waals surface area contributed by atoms with Crippen molar-refractivity contribution in [1.82, 2.24) is 9.62 Å². The predicted octanol–water partition coefficient (Wildman–Crippen LogP) is 3.03. The van der Waals surface area contributed by atoms with E-state index in [1.165, 1.54) is 19.1 Å². The van der Waals surface area contributed by atoms with Crippen molar-refractivity contribution in [3.8, 4) is 0 Å². The second-order valence-corrected chi connectivity index (χ2v) is 11.4. The van der Waals surface area contributed by atoms with Crippen LogP contribution in [-0.4, -0.2) is 58.0 Å². The van der Waals surface area contributed by atoms with Crippen LogP contribution in [0.1, 0.15) is 40.5 Å². The van der Waals surface area contributed by atoms with E-state index in [1.54, 1.807) is 12.1 Å². The summed E-state index contributed by atoms with van der Waals surface area (Å²) in [4.78, 5) is 26.0. The minimum atomic E-state index is -3.68. The van der Waals surface area contributed by atoms with Gasteiger partial charge in [-0.3, -0.25) is 9.59 Å². The molecule has 1 aromatic carbocycles. The average molecular weight is 492 g/mol. The van der Waals surface area contributed by atoms with Crippen molar-refractivity contribution in [2.24, 2.45) is 23.7 Å². The van der Waals surface area contributed by atoms with Crippen molar-refractivity contribution in [1.29, 1.82) is 0 Å². The fourth-order valence-corrected chi connectivity index (χ4v) is 5.94. The van der Waals surface area contributed by atoms with Gasteiger partial charge in [0.2, 0.25) is 21.8 Å². The van der Waals surface area contributed by atoms with Crippen LogP contribution >= 0.6 is 0 Å². The van der Waals surface area contributed by atoms with Crippen LogP contribution in [0.15, 0.2) is 40.8 Å². The van der Waals surface area contributed by atoms with Gasteiger partial charge in [0, 0.05) is 38.7 Å². The Morgan fingerprint density at radius 3 is 2.38 bits per heavy atom. The number of carbonyl (C=O) groups excluding carboxylic acids is 2. The molecule has 0 unspecified atom stereocenters. The second kappa shape index (κ2) is 11.5. The molecular weight excluding hydrogens is 454 g/mol. The highest BCUT2D eigenvalue weighted by Gasteiger charge is 2.34. The van der Waals surface area contributed by atoms with Crippen molar-refractivity contribution >= 4 is 27.5 Å². The quantitative estimate of drug-likeness (QED) is 0.544. The lowest BCUT2D eigenvalue weighted by molar-refractivity contribution is -0.136. The highest BCUT2D eigenvalue weighted by atomic mass is 32.2. The van der Waals surface area contributed by atoms with Crippen molar-refractivity contribution < 1.29 is 22.7 Å². The van der Waals surface area contributed by atoms with E-state index in [1.807, 2.05) is 4.90 Å². The van der Waals surface area contributed by atoms with E-state index in [0.29, 0.717) is 50.9 Å². The molecule has 2 N–H and O–H groups in total. The van der Waals surface area contributed by atoms with Crippen LogP contribution in [0.5, 0.6) is 0 Å². The van der Waals surface area contributed by atoms with Crippen LogP contribution in [0.3, 0.4) is 0 Å². The number of sulfonamides is 1. The van der Waals surface area contributed by atoms with Crippen molar-refractivity contribution in [3.63, 3.8) is 0 Å². The van der Waals surface area contributed by atoms with Gasteiger partial charge in [-0.1, -0.05) is 25.5 Å². The van der Waals surface area contributed by atoms with Gasteiger partial charge in [-0.25, -0.2) is 13.1 Å². The molecule has 0 radical (unpaired) electrons. The second-order valence-electron chi connectivity index (χ2n) is 9.67. The average Bonchev–Trinajstić information content (AvgIpc) is 2.79. The van der Waals surface area contributed by atoms with Gasteiger partial charge in [0.15, 0.2) is 0 Å². The molecule has 9 heteroatoms. The Morgan fingerprint density at radius 2 is 1.79 bits per heavy atom. The molecular formula is C25H37N3O5S. The molecule has 0 bridgehead atoms. The minimum absolute atomic E-state index is 0.0585. The van der Waals surface area contributed by atoms with Gasteiger partial charge in [-0.15, -0.1) is 0 Å². The van der Waals surface area contributed by atoms with E-state index in [4.69, 9.17) is 4.74 Å². The van der Waals surface area contributed by atoms with Crippen LogP contribution in [-0.2, 0) is 24.3 Å². The van der Waals surface area contributed by atoms with E-state index in [9.17, 15) is 18.0 Å². The summed E-state index contributed by atoms with van der Waals surface area (Å²) in [6.45, 7) is 10.6. The number of benzene rings is 1. The smallest absolute Gasteiger partial charge is 0.240 e. The number of allylic oxidation sites excluding steroid dienone is 1. The summed E-state index contributed by atoms with van der Waals surface area (Å²) >= 11 is 0. The Kier molecular flexibility index (Phi) is 8.89. The first-order valence-electron chi connectivity index (χ1n) is 12.0. The zero-order valence-electron chi connectivity index (χ0n) is 20.5. The van der Waals surface area contributed by atoms with Gasteiger partial charge in [0.05, 0.1) is 18.1 Å². The molecule has 188 valence electrons. The summed E-state index contributed by atoms with van der Waals surface area (Å²) in [5.41, 5.74) is 1.71. The molecule has 2 amide bonds. The van der Waals surface area contributed by atoms with Crippen molar-refractivity contribution in [2.75, 3.05) is 38.2 Å². The molecule has 0 spiro atoms. The summed E-state index contributed by atoms with van der Waals surface area (Å²) in [5, 5.41) is 2.63. The topological polar surface area (TPSA) is 105 Å². The van der Waals surface area contributed by atoms with Crippen LogP contribution in [0, 0.1) is 23.7 Å². The molecule has 1 saturated heterocycles. The zero-order valence-corrected chi connectivity index (χ0v) is 21.4. The first-order chi connectivity index (χ1) is 16.1. The number of anilines is 1. The number of rotatable bonds is 8. The Balaban J connectivity index is 1.66. The standard InChI is InChI=1S/C25H37N3O5S/c1-17(2)24-14-20(15-25(30)28-9-11-33-12-10-28)18(3)13-21(24)16-26-34(31,32)23-7-5-22(6-8-23)27-19(4)29/h5-8,13,17,20-21,24,26H,9-12,14-16H2,1-4H3,(H,27,29)/t20-,21-,24-/m0/s1. The summed E-state index contributed by atoms with van der Waals surface area (Å²) in [6, 6.07) is 6.13. The Morgan fingerprint density at radius 1 is 1.15 bits per heavy atom. The number of hydrogen-bond donors (Lipinski definition) is 2. The van der Waals surface area contributed by atoms with Gasteiger partial charge in [0.1, 0.15) is 0 Å². The molecule has 0 saturated carbocycles. The Hall–Kier alpha value is -2.23. The first-order valence-corrected chi connectivity index (χ1v) is 13.5. The highest BCUT2D eigenvalue weighted by Crippen LogP contribution is 2.39. The normalized spacial score (nSPS) is 23.5. The minimum Gasteiger partial charge on any atom is -0.378 e. The van der Waals surface area contributed by atoms with Gasteiger partial charge >= 0.3 is 0 Å². The molecule has 1 heterocycles. The van der Waals surface area contributed by atoms with Crippen LogP contribution < -0.4 is 10.0 Å². The van der Waals surface area contributed by atoms with Crippen molar-refractivity contribution in [2.45, 2.75) is 45.4 Å². The fraction of sp³-hybridized carbons (Fsp3) is 0.600. The fourth-order valence-electron chi connectivity index (χ4n) is 4.87. The number of nitrogens with one attached hydrogen (secondary N) is 2. The van der Waals surface area contributed by atoms with E-state index < -0.39 is 10.0 Å². The molecule has 8 nitrogen and oxygen atoms in total. The lowest BCUT2D eigenvalue weighted by Gasteiger charge is -2.38. The molecule has 0 aromatic heterocycles. The third-order valence-electron chi connectivity index (χ3n) is 6.86. The maximum Gasteiger partial charge on any atom is 0.240 e. The van der Waals surface area contributed by atoms with E-state index in [2.05, 4.69) is 36.9 Å². The molecule has 1 aliphatic heterocycles. The first kappa shape index (κ1) is 26.4. The third kappa shape index (κ3) is 6.90. The summed E-state index contributed by atoms with van der Waals surface area (Å²) < 4.78 is 33.9. The molecule has 3 atom stereocenters. The van der Waals surface area contributed by atoms with Crippen LogP contribution in [0.4, 0.5) is 5.69 Å². The SMILES string of the molecule is CC(=O)Nc1ccc(S(=O)(=O)NC[C@@H]2C=C(C)[C@H](CC(=O)N3CCOCC3)C[C@H]2C(C)C)cc1. The van der Waals surface area contributed by atoms with Crippen LogP contribution in [0.25, 0.3) is 0 Å². The lowest BCUT2D eigenvalue weighted by atomic mass is 9.70. The monoisotopic (exact) mass is 491 g/mol. The number of morpholine rings is 1. The molecule has 1 aromatic rings. The summed E-state index contributed by atoms with van der Waals surface area (Å²) in [7, 11) is -3.68. The van der Waals surface area contributed by atoms with E-state index in [-0.39, 0.29) is 34.5 Å². The summed E-state index contributed by atoms with van der Waals surface area (Å²) in [5.74, 6) is 0.830. The Labute approximate surface area is 203 Å². The molecule has 1 aliphatic carbocycles. The molecule has 34 heavy (non-hydrogen) atoms. The largest absolute Gasteiger partial charge is 0.378 e. The van der Waals surface area contributed by atoms with Gasteiger partial charge in [-0.05, 0) is 61.3 Å². The predicted molar refractivity (Wildman–Crippen MR) is 132 cm³/mol. The number of hydrogen-bond acceptors (Lipinski definition) is 5. The van der Waals surface area contributed by atoms with Gasteiger partial charge in [-0.2, -0.15) is 0 Å². The van der Waals surface area contributed by atoms with Gasteiger partial charge in [0.25, 0.3) is 0 Å². The number of ether oxygens (including phenoxy) is 1. The number of carbonyl (C=O) groups is 2. The molecule has 2 aliphatic rings. The Bertz CT molecular complexity index is 998. The zero-order chi connectivity index (χ0) is 24.9.